The van der Waals surface area contributed by atoms with Crippen molar-refractivity contribution in [3.63, 3.8) is 0 Å². The van der Waals surface area contributed by atoms with Crippen LogP contribution in [0.5, 0.6) is 23.0 Å². The minimum absolute atomic E-state index is 0.0407. The van der Waals surface area contributed by atoms with Crippen LogP contribution in [0.3, 0.4) is 0 Å². The molecule has 24 aliphatic rings. The maximum absolute atomic E-state index is 10.7. The summed E-state index contributed by atoms with van der Waals surface area (Å²) in [4.78, 5) is 0. The number of ether oxygens (including phenoxy) is 10. The number of pyridine rings is 4. The second-order valence-electron chi connectivity index (χ2n) is 32.3. The van der Waals surface area contributed by atoms with E-state index in [9.17, 15) is 101 Å². The SMILES string of the molecule is CC#N.CC#N.CC#N.F[P-](F)(F)(F)(F)F.F[P-](F)(F)(F)(F)F.F[P-](F)(F)(F)(F)F.F[P-](F)(F)(F)(F)F.c1cc2ccc1C[n+]1ccc(cc1)-c1cc[n+](cc1)Cc1ccc(cc1)C[n+]1ccc(cc1)-c1cc[n+](cc1)C2.c1ccc2c(c1)C1c3ccccc3C2c2c3ccc(c21)OCCOCCOCCOCCOc1ccc(c2c1C1c4ccccc4C2c2ccccc21)OCCOCCOCCOCCO3. The molecule has 0 saturated heterocycles. The fraction of sp³-hybridized carbons (Fsp3) is 0.276. The predicted molar refractivity (Wildman–Crippen MR) is 491 cm³/mol. The fourth-order valence-electron chi connectivity index (χ4n) is 16.2. The quantitative estimate of drug-likeness (QED) is 0.0606. The van der Waals surface area contributed by atoms with Gasteiger partial charge in [-0.2, -0.15) is 15.8 Å². The minimum atomic E-state index is -10.7. The van der Waals surface area contributed by atoms with E-state index in [0.29, 0.717) is 106 Å². The Balaban J connectivity index is 0.000000228. The molecule has 0 unspecified atom stereocenters. The first-order valence-corrected chi connectivity index (χ1v) is 51.7. The maximum atomic E-state index is 9.87. The summed E-state index contributed by atoms with van der Waals surface area (Å²) in [6.45, 7) is 14.8. The van der Waals surface area contributed by atoms with Gasteiger partial charge in [0.1, 0.15) is 49.4 Å². The van der Waals surface area contributed by atoms with Gasteiger partial charge in [-0.3, -0.25) is 0 Å². The van der Waals surface area contributed by atoms with Crippen LogP contribution in [0.2, 0.25) is 0 Å². The molecule has 45 heteroatoms. The Hall–Kier alpha value is -12.2. The van der Waals surface area contributed by atoms with Gasteiger partial charge >= 0.3 is 132 Å². The minimum Gasteiger partial charge on any atom is -0.491 e. The van der Waals surface area contributed by atoms with E-state index < -0.39 is 31.2 Å². The van der Waals surface area contributed by atoms with Crippen molar-refractivity contribution >= 4 is 31.2 Å². The van der Waals surface area contributed by atoms with Gasteiger partial charge in [-0.15, -0.1) is 0 Å². The molecule has 22 heterocycles. The van der Waals surface area contributed by atoms with E-state index in [0.717, 1.165) is 49.2 Å². The van der Waals surface area contributed by atoms with Gasteiger partial charge in [-0.1, -0.05) is 146 Å². The molecular formula is C98H97F24N7O10P4. The van der Waals surface area contributed by atoms with Crippen LogP contribution in [-0.4, -0.2) is 106 Å². The van der Waals surface area contributed by atoms with Crippen molar-refractivity contribution in [2.45, 2.75) is 70.6 Å². The van der Waals surface area contributed by atoms with Gasteiger partial charge in [-0.05, 0) is 91.0 Å². The number of nitrogens with zero attached hydrogens (tertiary/aromatic N) is 7. The Labute approximate surface area is 806 Å². The number of fused-ring (bicyclic) bond motifs is 25. The molecule has 0 amide bonds. The zero-order valence-electron chi connectivity index (χ0n) is 76.4. The topological polar surface area (TPSA) is 179 Å². The van der Waals surface area contributed by atoms with Gasteiger partial charge in [0, 0.05) is 137 Å². The molecule has 17 nitrogen and oxygen atoms in total. The van der Waals surface area contributed by atoms with Crippen LogP contribution in [0.15, 0.2) is 268 Å². The third-order valence-corrected chi connectivity index (χ3v) is 21.2. The predicted octanol–water partition coefficient (Wildman–Crippen LogP) is 28.8. The van der Waals surface area contributed by atoms with Crippen molar-refractivity contribution in [3.05, 3.63) is 357 Å². The van der Waals surface area contributed by atoms with Crippen LogP contribution >= 0.6 is 31.2 Å². The molecule has 36 rings (SSSR count). The zero-order valence-corrected chi connectivity index (χ0v) is 80.0. The van der Waals surface area contributed by atoms with Crippen molar-refractivity contribution in [1.82, 2.24) is 0 Å². The van der Waals surface area contributed by atoms with Crippen molar-refractivity contribution in [1.29, 1.82) is 15.8 Å². The molecule has 0 radical (unpaired) electrons. The second kappa shape index (κ2) is 44.2. The molecule has 0 atom stereocenters. The average Bonchev–Trinajstić information content (AvgIpc) is 0.696. The van der Waals surface area contributed by atoms with E-state index in [2.05, 4.69) is 262 Å². The molecule has 0 spiro atoms. The van der Waals surface area contributed by atoms with Crippen LogP contribution in [-0.2, 0) is 54.6 Å². The summed E-state index contributed by atoms with van der Waals surface area (Å²) in [6, 6.07) is 84.1. The van der Waals surface area contributed by atoms with Crippen LogP contribution < -0.4 is 37.2 Å². The van der Waals surface area contributed by atoms with Gasteiger partial charge in [0.25, 0.3) is 0 Å². The number of hydrogen-bond donors (Lipinski definition) is 0. The molecule has 0 N–H and O–H groups in total. The molecule has 12 aromatic rings. The van der Waals surface area contributed by atoms with Crippen molar-refractivity contribution in [3.8, 4) is 63.5 Å². The normalized spacial score (nSPS) is 18.5. The molecule has 20 bridgehead atoms. The standard InChI is InChI=1S/C56H56O10.C36H32N4.3C2H3N.4F6P/c1-2-10-38-37(9-1)49-39-11-3-4-12-40(39)50(38)54-46-18-17-45(53(49)54)63-33-29-59-25-21-57-23-27-61-31-35-65-47-19-20-48(66-36-32-62-28-24-58-22-26-60-30-34-64-46)56-52-43-15-7-5-13-41(43)51(55(47)56)42-14-6-8-16-44(42)52;1-2-30-4-3-29(1)25-37-17-9-33(10-18-37)35-13-21-39(22-14-35)27-31-5-7-32(8-6-31)28-40-23-15-36(16-24-40)34-11-19-38(26-30)20-12-34;3*1-2-3;4*1-7(2,3,4,5)6/h1-20,49-52H,21-36H2;1-24H,25-28H2;3*1H3;;;;/q;+4;;;;4*-1. The average molecular weight is 2110 g/mol. The first-order valence-electron chi connectivity index (χ1n) is 43.6. The van der Waals surface area contributed by atoms with Gasteiger partial charge in [0.2, 0.25) is 0 Å². The van der Waals surface area contributed by atoms with Crippen LogP contribution in [0.4, 0.5) is 101 Å². The first-order chi connectivity index (χ1) is 66.6. The summed E-state index contributed by atoms with van der Waals surface area (Å²) in [5.41, 5.74) is 25.3. The smallest absolute Gasteiger partial charge is 0.173 e. The van der Waals surface area contributed by atoms with Crippen molar-refractivity contribution in [2.75, 3.05) is 106 Å². The first kappa shape index (κ1) is 113. The van der Waals surface area contributed by atoms with Crippen molar-refractivity contribution < 1.29 is 166 Å². The third kappa shape index (κ3) is 40.2. The molecular weight excluding hydrogens is 2010 g/mol. The van der Waals surface area contributed by atoms with Gasteiger partial charge in [-0.25, -0.2) is 18.3 Å². The Morgan fingerprint density at radius 3 is 0.469 bits per heavy atom. The Morgan fingerprint density at radius 1 is 0.210 bits per heavy atom. The Bertz CT molecular complexity index is 5550. The number of halogens is 24. The third-order valence-electron chi connectivity index (χ3n) is 21.2. The summed E-state index contributed by atoms with van der Waals surface area (Å²) in [6.07, 6.45) is 17.4. The van der Waals surface area contributed by atoms with E-state index in [1.54, 1.807) is 18.2 Å². The van der Waals surface area contributed by atoms with Gasteiger partial charge < -0.3 is 47.4 Å². The number of hydrogen-bond acceptors (Lipinski definition) is 13. The van der Waals surface area contributed by atoms with Gasteiger partial charge in [0.15, 0.2) is 75.8 Å². The monoisotopic (exact) mass is 2110 g/mol. The molecule has 8 aromatic carbocycles. The van der Waals surface area contributed by atoms with E-state index in [4.69, 9.17) is 63.2 Å². The maximum Gasteiger partial charge on any atom is 0.173 e. The summed E-state index contributed by atoms with van der Waals surface area (Å²) >= 11 is 0. The Morgan fingerprint density at radius 2 is 0.336 bits per heavy atom. The molecule has 0 saturated carbocycles. The van der Waals surface area contributed by atoms with Crippen LogP contribution in [0.1, 0.15) is 133 Å². The number of nitriles is 3. The summed E-state index contributed by atoms with van der Waals surface area (Å²) in [7, 11) is -42.6. The van der Waals surface area contributed by atoms with E-state index in [1.807, 2.05) is 24.3 Å². The zero-order chi connectivity index (χ0) is 105. The number of benzene rings is 8. The largest absolute Gasteiger partial charge is 0.491 e. The molecule has 4 aromatic heterocycles. The van der Waals surface area contributed by atoms with E-state index in [1.165, 1.54) is 132 Å². The Kier molecular flexibility index (Phi) is 34.9. The summed E-state index contributed by atoms with van der Waals surface area (Å²) < 4.78 is 307. The summed E-state index contributed by atoms with van der Waals surface area (Å²) in [5, 5.41) is 22.0. The van der Waals surface area contributed by atoms with Gasteiger partial charge in [0.05, 0.1) is 97.5 Å². The van der Waals surface area contributed by atoms with Crippen molar-refractivity contribution in [2.24, 2.45) is 0 Å². The number of aromatic nitrogens is 4. The molecule has 6 aliphatic carbocycles. The second-order valence-corrected chi connectivity index (χ2v) is 39.9. The van der Waals surface area contributed by atoms with Crippen LogP contribution in [0.25, 0.3) is 22.3 Å². The molecule has 18 aliphatic heterocycles. The molecule has 0 fully saturated rings. The van der Waals surface area contributed by atoms with E-state index in [-0.39, 0.29) is 23.7 Å². The summed E-state index contributed by atoms with van der Waals surface area (Å²) in [5.74, 6) is 3.60. The number of rotatable bonds is 0. The fourth-order valence-corrected chi connectivity index (χ4v) is 16.2. The molecule has 772 valence electrons. The van der Waals surface area contributed by atoms with E-state index >= 15 is 0 Å². The molecule has 143 heavy (non-hydrogen) atoms. The van der Waals surface area contributed by atoms with Crippen LogP contribution in [0, 0.1) is 34.0 Å².